The van der Waals surface area contributed by atoms with Crippen molar-refractivity contribution < 1.29 is 9.72 Å². The van der Waals surface area contributed by atoms with Gasteiger partial charge in [0.15, 0.2) is 0 Å². The summed E-state index contributed by atoms with van der Waals surface area (Å²) in [7, 11) is 1.66. The average molecular weight is 299 g/mol. The van der Waals surface area contributed by atoms with Crippen LogP contribution >= 0.6 is 0 Å². The standard InChI is InChI=1S/C16H17N3O3/c1-11-3-5-12(6-4-11)10-18(2)16(20)13-7-8-14(17)15(9-13)19(21)22/h3-9H,10,17H2,1-2H3. The second-order valence-electron chi connectivity index (χ2n) is 5.18. The molecule has 0 saturated carbocycles. The van der Waals surface area contributed by atoms with Crippen LogP contribution < -0.4 is 5.73 Å². The van der Waals surface area contributed by atoms with Crippen molar-refractivity contribution in [1.29, 1.82) is 0 Å². The summed E-state index contributed by atoms with van der Waals surface area (Å²) in [5, 5.41) is 10.9. The maximum absolute atomic E-state index is 12.4. The summed E-state index contributed by atoms with van der Waals surface area (Å²) in [6.45, 7) is 2.42. The first-order valence-electron chi connectivity index (χ1n) is 6.73. The minimum Gasteiger partial charge on any atom is -0.393 e. The molecule has 0 aliphatic rings. The number of hydrogen-bond acceptors (Lipinski definition) is 4. The molecule has 2 aromatic carbocycles. The van der Waals surface area contributed by atoms with Crippen LogP contribution in [0.4, 0.5) is 11.4 Å². The molecular weight excluding hydrogens is 282 g/mol. The van der Waals surface area contributed by atoms with Gasteiger partial charge in [0.2, 0.25) is 0 Å². The summed E-state index contributed by atoms with van der Waals surface area (Å²) in [5.41, 5.74) is 7.71. The van der Waals surface area contributed by atoms with Gasteiger partial charge in [0.1, 0.15) is 5.69 Å². The molecule has 22 heavy (non-hydrogen) atoms. The summed E-state index contributed by atoms with van der Waals surface area (Å²) < 4.78 is 0. The van der Waals surface area contributed by atoms with Gasteiger partial charge in [-0.2, -0.15) is 0 Å². The minimum absolute atomic E-state index is 0.0442. The first-order valence-corrected chi connectivity index (χ1v) is 6.73. The average Bonchev–Trinajstić information content (AvgIpc) is 2.49. The smallest absolute Gasteiger partial charge is 0.292 e. The van der Waals surface area contributed by atoms with Crippen LogP contribution in [0.25, 0.3) is 0 Å². The number of nitrogens with two attached hydrogens (primary N) is 1. The molecule has 0 bridgehead atoms. The van der Waals surface area contributed by atoms with E-state index in [1.807, 2.05) is 31.2 Å². The zero-order chi connectivity index (χ0) is 16.3. The van der Waals surface area contributed by atoms with Crippen LogP contribution in [0, 0.1) is 17.0 Å². The second kappa shape index (κ2) is 6.26. The Balaban J connectivity index is 2.18. The van der Waals surface area contributed by atoms with Gasteiger partial charge in [0, 0.05) is 25.2 Å². The summed E-state index contributed by atoms with van der Waals surface area (Å²) in [6.07, 6.45) is 0. The Hall–Kier alpha value is -2.89. The Labute approximate surface area is 128 Å². The van der Waals surface area contributed by atoms with Gasteiger partial charge in [-0.25, -0.2) is 0 Å². The van der Waals surface area contributed by atoms with Gasteiger partial charge < -0.3 is 10.6 Å². The van der Waals surface area contributed by atoms with Gasteiger partial charge in [-0.1, -0.05) is 29.8 Å². The molecule has 2 rings (SSSR count). The van der Waals surface area contributed by atoms with Gasteiger partial charge in [-0.05, 0) is 24.6 Å². The van der Waals surface area contributed by atoms with E-state index in [4.69, 9.17) is 5.73 Å². The van der Waals surface area contributed by atoms with E-state index in [0.29, 0.717) is 6.54 Å². The first-order chi connectivity index (χ1) is 10.4. The van der Waals surface area contributed by atoms with E-state index in [1.165, 1.54) is 23.1 Å². The maximum atomic E-state index is 12.4. The number of hydrogen-bond donors (Lipinski definition) is 1. The fraction of sp³-hybridized carbons (Fsp3) is 0.188. The van der Waals surface area contributed by atoms with Crippen molar-refractivity contribution in [3.8, 4) is 0 Å². The van der Waals surface area contributed by atoms with Crippen molar-refractivity contribution in [3.05, 3.63) is 69.3 Å². The molecule has 6 nitrogen and oxygen atoms in total. The van der Waals surface area contributed by atoms with E-state index >= 15 is 0 Å². The summed E-state index contributed by atoms with van der Waals surface area (Å²) in [6, 6.07) is 11.9. The monoisotopic (exact) mass is 299 g/mol. The Morgan fingerprint density at radius 3 is 2.45 bits per heavy atom. The molecule has 0 spiro atoms. The van der Waals surface area contributed by atoms with Crippen LogP contribution in [-0.2, 0) is 6.54 Å². The van der Waals surface area contributed by atoms with Gasteiger partial charge in [-0.3, -0.25) is 14.9 Å². The van der Waals surface area contributed by atoms with Crippen molar-refractivity contribution >= 4 is 17.3 Å². The second-order valence-corrected chi connectivity index (χ2v) is 5.18. The number of carbonyl (C=O) groups excluding carboxylic acids is 1. The molecule has 6 heteroatoms. The maximum Gasteiger partial charge on any atom is 0.292 e. The molecule has 0 heterocycles. The minimum atomic E-state index is -0.591. The predicted molar refractivity (Wildman–Crippen MR) is 84.5 cm³/mol. The number of carbonyl (C=O) groups is 1. The van der Waals surface area contributed by atoms with Crippen LogP contribution in [0.2, 0.25) is 0 Å². The summed E-state index contributed by atoms with van der Waals surface area (Å²) in [4.78, 5) is 24.2. The number of nitro benzene ring substituents is 1. The van der Waals surface area contributed by atoms with Crippen molar-refractivity contribution in [2.75, 3.05) is 12.8 Å². The third-order valence-electron chi connectivity index (χ3n) is 3.36. The lowest BCUT2D eigenvalue weighted by atomic mass is 10.1. The van der Waals surface area contributed by atoms with Gasteiger partial charge in [0.05, 0.1) is 4.92 Å². The number of nitro groups is 1. The van der Waals surface area contributed by atoms with Crippen molar-refractivity contribution in [2.45, 2.75) is 13.5 Å². The quantitative estimate of drug-likeness (QED) is 0.534. The van der Waals surface area contributed by atoms with Crippen molar-refractivity contribution in [2.24, 2.45) is 0 Å². The van der Waals surface area contributed by atoms with E-state index in [9.17, 15) is 14.9 Å². The fourth-order valence-electron chi connectivity index (χ4n) is 2.09. The third kappa shape index (κ3) is 3.41. The normalized spacial score (nSPS) is 10.3. The summed E-state index contributed by atoms with van der Waals surface area (Å²) >= 11 is 0. The molecule has 0 unspecified atom stereocenters. The molecule has 2 aromatic rings. The van der Waals surface area contributed by atoms with E-state index in [-0.39, 0.29) is 22.8 Å². The van der Waals surface area contributed by atoms with Gasteiger partial charge in [0.25, 0.3) is 11.6 Å². The number of anilines is 1. The van der Waals surface area contributed by atoms with E-state index in [1.54, 1.807) is 7.05 Å². The predicted octanol–water partition coefficient (Wildman–Crippen LogP) is 2.76. The van der Waals surface area contributed by atoms with E-state index < -0.39 is 4.92 Å². The highest BCUT2D eigenvalue weighted by Gasteiger charge is 2.18. The van der Waals surface area contributed by atoms with Crippen LogP contribution in [0.15, 0.2) is 42.5 Å². The molecule has 0 fully saturated rings. The van der Waals surface area contributed by atoms with Crippen molar-refractivity contribution in [3.63, 3.8) is 0 Å². The Morgan fingerprint density at radius 1 is 1.23 bits per heavy atom. The number of amides is 1. The Bertz CT molecular complexity index is 711. The van der Waals surface area contributed by atoms with Crippen LogP contribution in [0.3, 0.4) is 0 Å². The molecule has 0 aliphatic heterocycles. The number of nitrogen functional groups attached to an aromatic ring is 1. The molecule has 1 amide bonds. The number of benzene rings is 2. The van der Waals surface area contributed by atoms with E-state index in [0.717, 1.165) is 11.1 Å². The number of rotatable bonds is 4. The first kappa shape index (κ1) is 15.5. The van der Waals surface area contributed by atoms with E-state index in [2.05, 4.69) is 0 Å². The van der Waals surface area contributed by atoms with Crippen LogP contribution in [0.1, 0.15) is 21.5 Å². The highest BCUT2D eigenvalue weighted by atomic mass is 16.6. The molecule has 0 aromatic heterocycles. The third-order valence-corrected chi connectivity index (χ3v) is 3.36. The Kier molecular flexibility index (Phi) is 4.41. The molecular formula is C16H17N3O3. The fourth-order valence-corrected chi connectivity index (χ4v) is 2.09. The zero-order valence-corrected chi connectivity index (χ0v) is 12.4. The highest BCUT2D eigenvalue weighted by molar-refractivity contribution is 5.95. The largest absolute Gasteiger partial charge is 0.393 e. The molecule has 0 saturated heterocycles. The molecule has 0 atom stereocenters. The Morgan fingerprint density at radius 2 is 1.86 bits per heavy atom. The van der Waals surface area contributed by atoms with Crippen molar-refractivity contribution in [1.82, 2.24) is 4.90 Å². The molecule has 2 N–H and O–H groups in total. The zero-order valence-electron chi connectivity index (χ0n) is 12.4. The number of nitrogens with zero attached hydrogens (tertiary/aromatic N) is 2. The van der Waals surface area contributed by atoms with Crippen LogP contribution in [0.5, 0.6) is 0 Å². The SMILES string of the molecule is Cc1ccc(CN(C)C(=O)c2ccc(N)c([N+](=O)[O-])c2)cc1. The molecule has 0 aliphatic carbocycles. The van der Waals surface area contributed by atoms with Crippen LogP contribution in [-0.4, -0.2) is 22.8 Å². The van der Waals surface area contributed by atoms with Gasteiger partial charge >= 0.3 is 0 Å². The van der Waals surface area contributed by atoms with Gasteiger partial charge in [-0.15, -0.1) is 0 Å². The summed E-state index contributed by atoms with van der Waals surface area (Å²) in [5.74, 6) is -0.288. The molecule has 114 valence electrons. The lowest BCUT2D eigenvalue weighted by Gasteiger charge is -2.17. The number of aryl methyl sites for hydroxylation is 1. The lowest BCUT2D eigenvalue weighted by molar-refractivity contribution is -0.383. The molecule has 0 radical (unpaired) electrons. The lowest BCUT2D eigenvalue weighted by Crippen LogP contribution is -2.26. The topological polar surface area (TPSA) is 89.5 Å². The highest BCUT2D eigenvalue weighted by Crippen LogP contribution is 2.23.